The molecule has 2 saturated heterocycles. The minimum Gasteiger partial charge on any atom is -0.342 e. The molecule has 3 heterocycles. The van der Waals surface area contributed by atoms with E-state index in [1.54, 1.807) is 18.2 Å². The fraction of sp³-hybridized carbons (Fsp3) is 0.680. The van der Waals surface area contributed by atoms with Gasteiger partial charge in [0.1, 0.15) is 0 Å². The van der Waals surface area contributed by atoms with Gasteiger partial charge < -0.3 is 9.80 Å². The number of carbonyl (C=O) groups excluding carboxylic acids is 2. The summed E-state index contributed by atoms with van der Waals surface area (Å²) < 4.78 is 28.5. The zero-order valence-corrected chi connectivity index (χ0v) is 20.5. The maximum Gasteiger partial charge on any atom is 0.243 e. The summed E-state index contributed by atoms with van der Waals surface area (Å²) in [5.74, 6) is 0.651. The summed E-state index contributed by atoms with van der Waals surface area (Å²) in [5.41, 5.74) is 1.77. The molecule has 33 heavy (non-hydrogen) atoms. The van der Waals surface area contributed by atoms with E-state index in [0.717, 1.165) is 56.4 Å². The van der Waals surface area contributed by atoms with E-state index in [1.807, 2.05) is 16.7 Å². The average molecular weight is 474 g/mol. The lowest BCUT2D eigenvalue weighted by Gasteiger charge is -2.37. The minimum absolute atomic E-state index is 0.0509. The average Bonchev–Trinajstić information content (AvgIpc) is 3.60. The quantitative estimate of drug-likeness (QED) is 0.673. The number of rotatable bonds is 4. The van der Waals surface area contributed by atoms with Crippen LogP contribution >= 0.6 is 0 Å². The van der Waals surface area contributed by atoms with Gasteiger partial charge in [-0.3, -0.25) is 9.59 Å². The molecule has 0 N–H and O–H groups in total. The van der Waals surface area contributed by atoms with Crippen LogP contribution in [0.1, 0.15) is 57.9 Å². The van der Waals surface area contributed by atoms with Crippen molar-refractivity contribution < 1.29 is 18.0 Å². The molecule has 5 rings (SSSR count). The van der Waals surface area contributed by atoms with Crippen molar-refractivity contribution in [2.24, 2.45) is 17.8 Å². The Labute approximate surface area is 197 Å². The molecule has 4 aliphatic rings. The van der Waals surface area contributed by atoms with Gasteiger partial charge in [-0.05, 0) is 81.5 Å². The molecule has 3 aliphatic heterocycles. The molecular weight excluding hydrogens is 438 g/mol. The number of likely N-dealkylation sites (tertiary alicyclic amines) is 1. The van der Waals surface area contributed by atoms with Crippen LogP contribution in [0, 0.1) is 17.8 Å². The van der Waals surface area contributed by atoms with Crippen LogP contribution in [0.4, 0.5) is 5.69 Å². The van der Waals surface area contributed by atoms with Crippen molar-refractivity contribution in [3.63, 3.8) is 0 Å². The van der Waals surface area contributed by atoms with Crippen molar-refractivity contribution in [1.29, 1.82) is 0 Å². The van der Waals surface area contributed by atoms with Gasteiger partial charge in [-0.15, -0.1) is 0 Å². The number of hydrogen-bond acceptors (Lipinski definition) is 4. The van der Waals surface area contributed by atoms with Crippen molar-refractivity contribution in [2.75, 3.05) is 31.1 Å². The predicted octanol–water partition coefficient (Wildman–Crippen LogP) is 3.03. The van der Waals surface area contributed by atoms with E-state index in [4.69, 9.17) is 0 Å². The van der Waals surface area contributed by atoms with Crippen LogP contribution in [-0.2, 0) is 26.0 Å². The first-order valence-electron chi connectivity index (χ1n) is 12.5. The first kappa shape index (κ1) is 22.8. The molecule has 180 valence electrons. The molecule has 1 aromatic rings. The smallest absolute Gasteiger partial charge is 0.243 e. The number of amides is 2. The van der Waals surface area contributed by atoms with Gasteiger partial charge in [0.15, 0.2) is 0 Å². The first-order chi connectivity index (χ1) is 15.8. The van der Waals surface area contributed by atoms with Gasteiger partial charge in [-0.1, -0.05) is 6.92 Å². The van der Waals surface area contributed by atoms with Crippen molar-refractivity contribution in [1.82, 2.24) is 9.21 Å². The van der Waals surface area contributed by atoms with Gasteiger partial charge >= 0.3 is 0 Å². The molecule has 7 nitrogen and oxygen atoms in total. The highest BCUT2D eigenvalue weighted by Crippen LogP contribution is 2.40. The lowest BCUT2D eigenvalue weighted by Crippen LogP contribution is -2.48. The highest BCUT2D eigenvalue weighted by Gasteiger charge is 2.41. The molecule has 0 aromatic heterocycles. The molecule has 1 saturated carbocycles. The number of piperidine rings is 2. The summed E-state index contributed by atoms with van der Waals surface area (Å²) in [6, 6.07) is 5.24. The van der Waals surface area contributed by atoms with Crippen molar-refractivity contribution in [2.45, 2.75) is 69.7 Å². The van der Waals surface area contributed by atoms with E-state index in [2.05, 4.69) is 6.92 Å². The molecule has 3 atom stereocenters. The summed E-state index contributed by atoms with van der Waals surface area (Å²) in [6.07, 6.45) is 6.20. The maximum atomic E-state index is 13.5. The Morgan fingerprint density at radius 2 is 1.67 bits per heavy atom. The summed E-state index contributed by atoms with van der Waals surface area (Å²) in [7, 11) is -3.69. The molecule has 1 aromatic carbocycles. The first-order valence-corrected chi connectivity index (χ1v) is 13.9. The van der Waals surface area contributed by atoms with Crippen LogP contribution in [0.2, 0.25) is 0 Å². The van der Waals surface area contributed by atoms with Crippen molar-refractivity contribution >= 4 is 27.5 Å². The van der Waals surface area contributed by atoms with E-state index >= 15 is 0 Å². The summed E-state index contributed by atoms with van der Waals surface area (Å²) in [6.45, 7) is 6.46. The highest BCUT2D eigenvalue weighted by molar-refractivity contribution is 7.89. The summed E-state index contributed by atoms with van der Waals surface area (Å²) >= 11 is 0. The van der Waals surface area contributed by atoms with Crippen LogP contribution in [0.25, 0.3) is 0 Å². The molecular formula is C25H35N3O4S. The molecule has 3 fully saturated rings. The number of fused-ring (bicyclic) bond motifs is 1. The SMILES string of the molecule is C[C@@H]1CCCN(C(=O)[C@H]2CCCN(S(=O)(=O)c3ccc4c(c3)C[C@@H](C)N4C(=O)C3CC3)C2)C1. The van der Waals surface area contributed by atoms with Crippen LogP contribution in [0.5, 0.6) is 0 Å². The zero-order chi connectivity index (χ0) is 23.3. The zero-order valence-electron chi connectivity index (χ0n) is 19.7. The van der Waals surface area contributed by atoms with E-state index < -0.39 is 10.0 Å². The van der Waals surface area contributed by atoms with Crippen LogP contribution in [0.3, 0.4) is 0 Å². The molecule has 1 aliphatic carbocycles. The van der Waals surface area contributed by atoms with Gasteiger partial charge in [0.05, 0.1) is 10.8 Å². The van der Waals surface area contributed by atoms with Gasteiger partial charge in [0.2, 0.25) is 21.8 Å². The highest BCUT2D eigenvalue weighted by atomic mass is 32.2. The second-order valence-corrected chi connectivity index (χ2v) is 12.5. The Morgan fingerprint density at radius 1 is 0.909 bits per heavy atom. The topological polar surface area (TPSA) is 78.0 Å². The number of nitrogens with zero attached hydrogens (tertiary/aromatic N) is 3. The van der Waals surface area contributed by atoms with Crippen LogP contribution in [0.15, 0.2) is 23.1 Å². The fourth-order valence-corrected chi connectivity index (χ4v) is 7.36. The lowest BCUT2D eigenvalue weighted by molar-refractivity contribution is -0.138. The van der Waals surface area contributed by atoms with Crippen LogP contribution in [-0.4, -0.2) is 61.7 Å². The second kappa shape index (κ2) is 8.69. The van der Waals surface area contributed by atoms with Crippen LogP contribution < -0.4 is 4.90 Å². The summed E-state index contributed by atoms with van der Waals surface area (Å²) in [5, 5.41) is 0. The summed E-state index contributed by atoms with van der Waals surface area (Å²) in [4.78, 5) is 29.9. The monoisotopic (exact) mass is 473 g/mol. The van der Waals surface area contributed by atoms with E-state index in [0.29, 0.717) is 25.3 Å². The second-order valence-electron chi connectivity index (χ2n) is 10.6. The number of anilines is 1. The normalized spacial score (nSPS) is 28.6. The van der Waals surface area contributed by atoms with Crippen molar-refractivity contribution in [3.8, 4) is 0 Å². The molecule has 8 heteroatoms. The lowest BCUT2D eigenvalue weighted by atomic mass is 9.94. The molecule has 0 bridgehead atoms. The Bertz CT molecular complexity index is 1050. The van der Waals surface area contributed by atoms with Crippen molar-refractivity contribution in [3.05, 3.63) is 23.8 Å². The third-order valence-corrected chi connectivity index (χ3v) is 9.63. The Kier molecular flexibility index (Phi) is 6.02. The molecule has 2 amide bonds. The largest absolute Gasteiger partial charge is 0.342 e. The minimum atomic E-state index is -3.69. The third kappa shape index (κ3) is 4.32. The Hall–Kier alpha value is -1.93. The molecule has 0 spiro atoms. The van der Waals surface area contributed by atoms with E-state index in [-0.39, 0.29) is 41.1 Å². The van der Waals surface area contributed by atoms with E-state index in [9.17, 15) is 18.0 Å². The molecule has 0 unspecified atom stereocenters. The van der Waals surface area contributed by atoms with E-state index in [1.165, 1.54) is 4.31 Å². The van der Waals surface area contributed by atoms with Gasteiger partial charge in [0, 0.05) is 43.8 Å². The number of hydrogen-bond donors (Lipinski definition) is 0. The fourth-order valence-electron chi connectivity index (χ4n) is 5.79. The molecule has 0 radical (unpaired) electrons. The number of carbonyl (C=O) groups is 2. The van der Waals surface area contributed by atoms with Gasteiger partial charge in [0.25, 0.3) is 0 Å². The Morgan fingerprint density at radius 3 is 2.39 bits per heavy atom. The van der Waals surface area contributed by atoms with Gasteiger partial charge in [-0.25, -0.2) is 8.42 Å². The van der Waals surface area contributed by atoms with Gasteiger partial charge in [-0.2, -0.15) is 4.31 Å². The predicted molar refractivity (Wildman–Crippen MR) is 126 cm³/mol. The number of benzene rings is 1. The standard InChI is InChI=1S/C25H35N3O4S/c1-17-5-3-11-26(15-17)24(29)20-6-4-12-27(16-20)33(31,32)22-9-10-23-21(14-22)13-18(2)28(23)25(30)19-7-8-19/h9-10,14,17-20H,3-8,11-13,15-16H2,1-2H3/t17-,18-,20+/m1/s1. The maximum absolute atomic E-state index is 13.5. The third-order valence-electron chi connectivity index (χ3n) is 7.77. The number of sulfonamides is 1. The Balaban J connectivity index is 1.33.